The van der Waals surface area contributed by atoms with Crippen LogP contribution in [0.2, 0.25) is 30.7 Å². The molecular weight excluding hydrogens is 472 g/mol. The van der Waals surface area contributed by atoms with Crippen molar-refractivity contribution in [3.63, 3.8) is 0 Å². The number of hydrogen-bond acceptors (Lipinski definition) is 4. The summed E-state index contributed by atoms with van der Waals surface area (Å²) in [7, 11) is -1.31. The fourth-order valence-corrected chi connectivity index (χ4v) is 4.33. The van der Waals surface area contributed by atoms with Crippen LogP contribution in [0.15, 0.2) is 0 Å². The summed E-state index contributed by atoms with van der Waals surface area (Å²) in [6, 6.07) is 0.0518. The third-order valence-corrected chi connectivity index (χ3v) is 7.48. The molecular formula is C22H36ClF2N3O4Si. The summed E-state index contributed by atoms with van der Waals surface area (Å²) in [5, 5.41) is 2.41. The zero-order valence-corrected chi connectivity index (χ0v) is 22.3. The normalized spacial score (nSPS) is 19.5. The van der Waals surface area contributed by atoms with E-state index in [1.165, 1.54) is 9.47 Å². The zero-order chi connectivity index (χ0) is 25.1. The minimum atomic E-state index is -1.52. The van der Waals surface area contributed by atoms with Gasteiger partial charge in [0.1, 0.15) is 24.2 Å². The Labute approximate surface area is 200 Å². The number of carbonyl (C=O) groups is 2. The van der Waals surface area contributed by atoms with Crippen LogP contribution in [0.3, 0.4) is 0 Å². The van der Waals surface area contributed by atoms with Crippen LogP contribution < -0.4 is 5.32 Å². The van der Waals surface area contributed by atoms with Crippen molar-refractivity contribution in [2.24, 2.45) is 0 Å². The first-order valence-electron chi connectivity index (χ1n) is 11.2. The van der Waals surface area contributed by atoms with Crippen molar-refractivity contribution >= 4 is 31.7 Å². The van der Waals surface area contributed by atoms with E-state index in [1.807, 2.05) is 0 Å². The second-order valence-electron chi connectivity index (χ2n) is 10.6. The van der Waals surface area contributed by atoms with E-state index in [9.17, 15) is 18.4 Å². The molecule has 188 valence electrons. The van der Waals surface area contributed by atoms with Crippen LogP contribution in [0.25, 0.3) is 0 Å². The van der Waals surface area contributed by atoms with Gasteiger partial charge in [0, 0.05) is 26.9 Å². The summed E-state index contributed by atoms with van der Waals surface area (Å²) in [5.41, 5.74) is -0.610. The Bertz CT molecular complexity index is 867. The maximum atomic E-state index is 14.8. The van der Waals surface area contributed by atoms with E-state index in [0.29, 0.717) is 12.3 Å². The average Bonchev–Trinajstić information content (AvgIpc) is 2.88. The lowest BCUT2D eigenvalue weighted by atomic mass is 10.0. The molecule has 2 amide bonds. The molecule has 33 heavy (non-hydrogen) atoms. The highest BCUT2D eigenvalue weighted by Gasteiger charge is 2.36. The van der Waals surface area contributed by atoms with Gasteiger partial charge in [-0.1, -0.05) is 31.2 Å². The molecule has 1 aromatic rings. The van der Waals surface area contributed by atoms with E-state index in [2.05, 4.69) is 25.0 Å². The first-order valence-corrected chi connectivity index (χ1v) is 15.2. The zero-order valence-electron chi connectivity index (χ0n) is 20.6. The summed E-state index contributed by atoms with van der Waals surface area (Å²) in [6.07, 6.45) is -1.95. The number of halogens is 3. The fourth-order valence-electron chi connectivity index (χ4n) is 3.38. The van der Waals surface area contributed by atoms with Crippen LogP contribution in [0, 0.1) is 12.7 Å². The second kappa shape index (κ2) is 10.7. The quantitative estimate of drug-likeness (QED) is 0.417. The van der Waals surface area contributed by atoms with Crippen molar-refractivity contribution in [2.75, 3.05) is 19.7 Å². The summed E-state index contributed by atoms with van der Waals surface area (Å²) in [4.78, 5) is 26.4. The number of alkyl halides is 1. The standard InChI is InChI=1S/C22H36ClF2N3O4Si/c1-14-17(23)18(25)19(28(14)13-31-10-11-33(5,6)7)20(29)26-16-8-9-27(12-15(16)24)21(30)32-22(2,3)4/h15-16H,8-13H2,1-7H3,(H,26,29)/t15-,16+/m0/s1. The number of carbonyl (C=O) groups excluding carboxylic acids is 2. The molecule has 1 aliphatic heterocycles. The van der Waals surface area contributed by atoms with Gasteiger partial charge in [-0.3, -0.25) is 4.79 Å². The van der Waals surface area contributed by atoms with Crippen LogP contribution in [0.1, 0.15) is 43.4 Å². The van der Waals surface area contributed by atoms with Crippen molar-refractivity contribution in [3.8, 4) is 0 Å². The number of nitrogens with one attached hydrogen (secondary N) is 1. The highest BCUT2D eigenvalue weighted by Crippen LogP contribution is 2.27. The molecule has 0 bridgehead atoms. The molecule has 0 unspecified atom stereocenters. The minimum Gasteiger partial charge on any atom is -0.444 e. The molecule has 0 saturated carbocycles. The number of ether oxygens (including phenoxy) is 2. The summed E-state index contributed by atoms with van der Waals surface area (Å²) in [6.45, 7) is 13.9. The Morgan fingerprint density at radius 3 is 2.45 bits per heavy atom. The molecule has 11 heteroatoms. The van der Waals surface area contributed by atoms with Crippen LogP contribution in [-0.2, 0) is 16.2 Å². The Kier molecular flexibility index (Phi) is 8.97. The molecule has 2 heterocycles. The van der Waals surface area contributed by atoms with Crippen molar-refractivity contribution in [1.82, 2.24) is 14.8 Å². The van der Waals surface area contributed by atoms with Crippen molar-refractivity contribution in [3.05, 3.63) is 22.2 Å². The lowest BCUT2D eigenvalue weighted by Gasteiger charge is -2.35. The first kappa shape index (κ1) is 27.6. The summed E-state index contributed by atoms with van der Waals surface area (Å²) >= 11 is 6.05. The fraction of sp³-hybridized carbons (Fsp3) is 0.727. The molecule has 1 aliphatic rings. The van der Waals surface area contributed by atoms with Gasteiger partial charge in [0.25, 0.3) is 5.91 Å². The van der Waals surface area contributed by atoms with Gasteiger partial charge >= 0.3 is 6.09 Å². The first-order chi connectivity index (χ1) is 15.1. The molecule has 1 fully saturated rings. The number of likely N-dealkylation sites (tertiary alicyclic amines) is 1. The third kappa shape index (κ3) is 7.68. The van der Waals surface area contributed by atoms with E-state index in [-0.39, 0.29) is 37.0 Å². The largest absolute Gasteiger partial charge is 0.444 e. The molecule has 0 aromatic carbocycles. The molecule has 0 radical (unpaired) electrons. The maximum Gasteiger partial charge on any atom is 0.410 e. The lowest BCUT2D eigenvalue weighted by molar-refractivity contribution is 0.00963. The number of rotatable bonds is 7. The van der Waals surface area contributed by atoms with E-state index in [0.717, 1.165) is 6.04 Å². The molecule has 1 saturated heterocycles. The molecule has 1 N–H and O–H groups in total. The van der Waals surface area contributed by atoms with E-state index in [4.69, 9.17) is 21.1 Å². The van der Waals surface area contributed by atoms with Crippen LogP contribution in [0.4, 0.5) is 13.6 Å². The topological polar surface area (TPSA) is 72.8 Å². The lowest BCUT2D eigenvalue weighted by Crippen LogP contribution is -2.54. The molecule has 1 aromatic heterocycles. The molecule has 7 nitrogen and oxygen atoms in total. The SMILES string of the molecule is Cc1c(Cl)c(F)c(C(=O)N[C@@H]2CCN(C(=O)OC(C)(C)C)C[C@@H]2F)n1COCC[Si](C)(C)C. The average molecular weight is 508 g/mol. The highest BCUT2D eigenvalue weighted by atomic mass is 35.5. The predicted molar refractivity (Wildman–Crippen MR) is 127 cm³/mol. The predicted octanol–water partition coefficient (Wildman–Crippen LogP) is 4.98. The van der Waals surface area contributed by atoms with Crippen LogP contribution in [0.5, 0.6) is 0 Å². The summed E-state index contributed by atoms with van der Waals surface area (Å²) < 4.78 is 41.9. The second-order valence-corrected chi connectivity index (χ2v) is 16.6. The maximum absolute atomic E-state index is 14.8. The molecule has 2 atom stereocenters. The number of hydrogen-bond donors (Lipinski definition) is 1. The minimum absolute atomic E-state index is 0.0289. The van der Waals surface area contributed by atoms with E-state index in [1.54, 1.807) is 27.7 Å². The van der Waals surface area contributed by atoms with Gasteiger partial charge < -0.3 is 24.3 Å². The van der Waals surface area contributed by atoms with Gasteiger partial charge in [-0.25, -0.2) is 13.6 Å². The van der Waals surface area contributed by atoms with Gasteiger partial charge in [0.05, 0.1) is 17.6 Å². The number of aromatic nitrogens is 1. The van der Waals surface area contributed by atoms with Crippen LogP contribution in [-0.4, -0.2) is 67.1 Å². The smallest absolute Gasteiger partial charge is 0.410 e. The summed E-state index contributed by atoms with van der Waals surface area (Å²) in [5.74, 6) is -1.63. The molecule has 0 spiro atoms. The van der Waals surface area contributed by atoms with Gasteiger partial charge in [-0.15, -0.1) is 0 Å². The Balaban J connectivity index is 2.05. The molecule has 0 aliphatic carbocycles. The van der Waals surface area contributed by atoms with Gasteiger partial charge in [0.2, 0.25) is 0 Å². The Morgan fingerprint density at radius 2 is 1.91 bits per heavy atom. The van der Waals surface area contributed by atoms with E-state index >= 15 is 0 Å². The van der Waals surface area contributed by atoms with Crippen molar-refractivity contribution < 1.29 is 27.8 Å². The van der Waals surface area contributed by atoms with Gasteiger partial charge in [-0.05, 0) is 40.2 Å². The Morgan fingerprint density at radius 1 is 1.27 bits per heavy atom. The van der Waals surface area contributed by atoms with Crippen molar-refractivity contribution in [2.45, 2.75) is 84.3 Å². The number of amides is 2. The molecule has 2 rings (SSSR count). The number of nitrogens with zero attached hydrogens (tertiary/aromatic N) is 2. The third-order valence-electron chi connectivity index (χ3n) is 5.33. The van der Waals surface area contributed by atoms with E-state index < -0.39 is 43.7 Å². The van der Waals surface area contributed by atoms with Crippen LogP contribution >= 0.6 is 11.6 Å². The monoisotopic (exact) mass is 507 g/mol. The van der Waals surface area contributed by atoms with Crippen molar-refractivity contribution in [1.29, 1.82) is 0 Å². The number of piperidine rings is 1. The van der Waals surface area contributed by atoms with Gasteiger partial charge in [0.15, 0.2) is 5.82 Å². The van der Waals surface area contributed by atoms with Gasteiger partial charge in [-0.2, -0.15) is 0 Å². The Hall–Kier alpha value is -1.65. The highest BCUT2D eigenvalue weighted by molar-refractivity contribution is 6.76.